The van der Waals surface area contributed by atoms with Gasteiger partial charge in [-0.2, -0.15) is 0 Å². The molecule has 0 amide bonds. The summed E-state index contributed by atoms with van der Waals surface area (Å²) in [5.74, 6) is 0. The number of likely N-dealkylation sites (N-methyl/N-ethyl adjacent to an activating group) is 1. The standard InChI is InChI=1S/C10H14BrClN2O2S.ClH/c1-7(13-2)6-14-17(15,16)10-4-3-8(12)5-9(10)11;/h3-5,7,13-14H,6H2,1-2H3;1H. The molecule has 0 saturated carbocycles. The van der Waals surface area contributed by atoms with E-state index in [2.05, 4.69) is 26.0 Å². The molecule has 104 valence electrons. The minimum Gasteiger partial charge on any atom is -0.316 e. The zero-order chi connectivity index (χ0) is 13.1. The van der Waals surface area contributed by atoms with Gasteiger partial charge >= 0.3 is 0 Å². The highest BCUT2D eigenvalue weighted by Gasteiger charge is 2.17. The Bertz CT molecular complexity index is 497. The smallest absolute Gasteiger partial charge is 0.241 e. The van der Waals surface area contributed by atoms with Gasteiger partial charge in [-0.3, -0.25) is 0 Å². The van der Waals surface area contributed by atoms with Crippen LogP contribution in [0, 0.1) is 0 Å². The van der Waals surface area contributed by atoms with Crippen molar-refractivity contribution in [2.45, 2.75) is 17.9 Å². The molecule has 1 aromatic rings. The molecule has 0 saturated heterocycles. The van der Waals surface area contributed by atoms with Gasteiger partial charge in [-0.1, -0.05) is 11.6 Å². The Morgan fingerprint density at radius 3 is 2.56 bits per heavy atom. The molecule has 0 bridgehead atoms. The fraction of sp³-hybridized carbons (Fsp3) is 0.400. The second kappa shape index (κ2) is 7.67. The largest absolute Gasteiger partial charge is 0.316 e. The van der Waals surface area contributed by atoms with Gasteiger partial charge in [-0.25, -0.2) is 13.1 Å². The second-order valence-corrected chi connectivity index (χ2v) is 6.64. The van der Waals surface area contributed by atoms with Gasteiger partial charge < -0.3 is 5.32 Å². The summed E-state index contributed by atoms with van der Waals surface area (Å²) in [4.78, 5) is 0.185. The Morgan fingerprint density at radius 1 is 1.44 bits per heavy atom. The molecule has 8 heteroatoms. The van der Waals surface area contributed by atoms with E-state index in [0.717, 1.165) is 0 Å². The Labute approximate surface area is 127 Å². The predicted octanol–water partition coefficient (Wildman–Crippen LogP) is 2.41. The first kappa shape index (κ1) is 18.1. The number of hydrogen-bond acceptors (Lipinski definition) is 3. The summed E-state index contributed by atoms with van der Waals surface area (Å²) in [6.07, 6.45) is 0. The van der Waals surface area contributed by atoms with Gasteiger partial charge in [0.2, 0.25) is 10.0 Å². The molecule has 0 fully saturated rings. The van der Waals surface area contributed by atoms with Crippen molar-refractivity contribution in [2.24, 2.45) is 0 Å². The zero-order valence-electron chi connectivity index (χ0n) is 9.91. The topological polar surface area (TPSA) is 58.2 Å². The van der Waals surface area contributed by atoms with Crippen LogP contribution in [0.4, 0.5) is 0 Å². The van der Waals surface area contributed by atoms with Crippen molar-refractivity contribution in [3.8, 4) is 0 Å². The number of sulfonamides is 1. The number of halogens is 3. The van der Waals surface area contributed by atoms with Gasteiger partial charge in [-0.15, -0.1) is 12.4 Å². The molecule has 2 N–H and O–H groups in total. The van der Waals surface area contributed by atoms with E-state index in [0.29, 0.717) is 16.0 Å². The lowest BCUT2D eigenvalue weighted by Gasteiger charge is -2.12. The first-order valence-electron chi connectivity index (χ1n) is 4.99. The second-order valence-electron chi connectivity index (χ2n) is 3.62. The molecule has 0 heterocycles. The maximum Gasteiger partial charge on any atom is 0.241 e. The van der Waals surface area contributed by atoms with Crippen LogP contribution in [0.5, 0.6) is 0 Å². The third kappa shape index (κ3) is 5.03. The molecule has 0 aliphatic carbocycles. The van der Waals surface area contributed by atoms with E-state index >= 15 is 0 Å². The number of rotatable bonds is 5. The van der Waals surface area contributed by atoms with Gasteiger partial charge in [0, 0.05) is 22.1 Å². The van der Waals surface area contributed by atoms with Gasteiger partial charge in [0.05, 0.1) is 4.90 Å². The molecule has 18 heavy (non-hydrogen) atoms. The fourth-order valence-corrected chi connectivity index (χ4v) is 3.62. The molecule has 1 unspecified atom stereocenters. The summed E-state index contributed by atoms with van der Waals surface area (Å²) in [7, 11) is -1.73. The maximum atomic E-state index is 12.0. The third-order valence-electron chi connectivity index (χ3n) is 2.26. The molecular weight excluding hydrogens is 363 g/mol. The molecule has 1 atom stereocenters. The van der Waals surface area contributed by atoms with Crippen LogP contribution in [-0.4, -0.2) is 28.1 Å². The number of hydrogen-bond donors (Lipinski definition) is 2. The first-order chi connectivity index (χ1) is 7.86. The molecule has 0 aliphatic rings. The predicted molar refractivity (Wildman–Crippen MR) is 80.1 cm³/mol. The highest BCUT2D eigenvalue weighted by molar-refractivity contribution is 9.10. The molecule has 1 rings (SSSR count). The average Bonchev–Trinajstić information content (AvgIpc) is 2.25. The molecular formula is C10H15BrCl2N2O2S. The molecule has 1 aromatic carbocycles. The van der Waals surface area contributed by atoms with Crippen molar-refractivity contribution in [1.29, 1.82) is 0 Å². The van der Waals surface area contributed by atoms with Crippen LogP contribution < -0.4 is 10.0 Å². The minimum atomic E-state index is -3.51. The Morgan fingerprint density at radius 2 is 2.06 bits per heavy atom. The molecule has 0 aliphatic heterocycles. The van der Waals surface area contributed by atoms with Crippen LogP contribution in [0.1, 0.15) is 6.92 Å². The lowest BCUT2D eigenvalue weighted by Crippen LogP contribution is -2.37. The van der Waals surface area contributed by atoms with Crippen LogP contribution in [0.25, 0.3) is 0 Å². The lowest BCUT2D eigenvalue weighted by atomic mass is 10.4. The summed E-state index contributed by atoms with van der Waals surface area (Å²) in [6, 6.07) is 4.63. The quantitative estimate of drug-likeness (QED) is 0.828. The number of nitrogens with one attached hydrogen (secondary N) is 2. The van der Waals surface area contributed by atoms with E-state index < -0.39 is 10.0 Å². The summed E-state index contributed by atoms with van der Waals surface area (Å²) < 4.78 is 26.9. The van der Waals surface area contributed by atoms with Crippen LogP contribution in [0.3, 0.4) is 0 Å². The SMILES string of the molecule is CNC(C)CNS(=O)(=O)c1ccc(Cl)cc1Br.Cl. The van der Waals surface area contributed by atoms with Crippen LogP contribution in [0.2, 0.25) is 5.02 Å². The molecule has 0 aromatic heterocycles. The van der Waals surface area contributed by atoms with E-state index in [9.17, 15) is 8.42 Å². The summed E-state index contributed by atoms with van der Waals surface area (Å²) >= 11 is 8.95. The Kier molecular flexibility index (Phi) is 7.73. The lowest BCUT2D eigenvalue weighted by molar-refractivity contribution is 0.554. The van der Waals surface area contributed by atoms with Gasteiger partial charge in [0.1, 0.15) is 0 Å². The summed E-state index contributed by atoms with van der Waals surface area (Å²) in [5, 5.41) is 3.44. The molecule has 0 radical (unpaired) electrons. The van der Waals surface area contributed by atoms with Crippen molar-refractivity contribution >= 4 is 50.0 Å². The highest BCUT2D eigenvalue weighted by atomic mass is 79.9. The fourth-order valence-electron chi connectivity index (χ4n) is 1.11. The average molecular weight is 378 g/mol. The molecule has 4 nitrogen and oxygen atoms in total. The highest BCUT2D eigenvalue weighted by Crippen LogP contribution is 2.25. The normalized spacial score (nSPS) is 12.9. The van der Waals surface area contributed by atoms with Gasteiger partial charge in [0.25, 0.3) is 0 Å². The summed E-state index contributed by atoms with van der Waals surface area (Å²) in [6.45, 7) is 2.22. The maximum absolute atomic E-state index is 12.0. The molecule has 0 spiro atoms. The monoisotopic (exact) mass is 376 g/mol. The van der Waals surface area contributed by atoms with Crippen molar-refractivity contribution in [3.63, 3.8) is 0 Å². The summed E-state index contributed by atoms with van der Waals surface area (Å²) in [5.41, 5.74) is 0. The van der Waals surface area contributed by atoms with Crippen LogP contribution in [0.15, 0.2) is 27.6 Å². The Hall–Kier alpha value is 0.150. The van der Waals surface area contributed by atoms with E-state index in [-0.39, 0.29) is 23.3 Å². The number of benzene rings is 1. The third-order valence-corrected chi connectivity index (χ3v) is 4.89. The Balaban J connectivity index is 0.00000289. The van der Waals surface area contributed by atoms with E-state index in [4.69, 9.17) is 11.6 Å². The van der Waals surface area contributed by atoms with Crippen molar-refractivity contribution in [1.82, 2.24) is 10.0 Å². The van der Waals surface area contributed by atoms with Crippen molar-refractivity contribution < 1.29 is 8.42 Å². The zero-order valence-corrected chi connectivity index (χ0v) is 13.9. The first-order valence-corrected chi connectivity index (χ1v) is 7.64. The van der Waals surface area contributed by atoms with Crippen molar-refractivity contribution in [2.75, 3.05) is 13.6 Å². The van der Waals surface area contributed by atoms with Crippen LogP contribution >= 0.6 is 39.9 Å². The minimum absolute atomic E-state index is 0. The van der Waals surface area contributed by atoms with Gasteiger partial charge in [-0.05, 0) is 48.1 Å². The van der Waals surface area contributed by atoms with Gasteiger partial charge in [0.15, 0.2) is 0 Å². The van der Waals surface area contributed by atoms with Crippen molar-refractivity contribution in [3.05, 3.63) is 27.7 Å². The van der Waals surface area contributed by atoms with E-state index in [1.54, 1.807) is 19.2 Å². The van der Waals surface area contributed by atoms with E-state index in [1.165, 1.54) is 6.07 Å². The van der Waals surface area contributed by atoms with E-state index in [1.807, 2.05) is 6.92 Å². The van der Waals surface area contributed by atoms with Crippen LogP contribution in [-0.2, 0) is 10.0 Å².